The van der Waals surface area contributed by atoms with Crippen molar-refractivity contribution in [1.29, 1.82) is 5.26 Å². The molecule has 0 atom stereocenters. The zero-order chi connectivity index (χ0) is 19.5. The van der Waals surface area contributed by atoms with Crippen LogP contribution >= 0.6 is 0 Å². The van der Waals surface area contributed by atoms with E-state index in [-0.39, 0.29) is 16.7 Å². The molecule has 140 valence electrons. The van der Waals surface area contributed by atoms with Crippen LogP contribution in [0.5, 0.6) is 0 Å². The predicted molar refractivity (Wildman–Crippen MR) is 104 cm³/mol. The fourth-order valence-electron chi connectivity index (χ4n) is 3.90. The summed E-state index contributed by atoms with van der Waals surface area (Å²) in [5, 5.41) is 9.01. The molecule has 1 aliphatic carbocycles. The van der Waals surface area contributed by atoms with Crippen molar-refractivity contribution >= 4 is 11.8 Å². The lowest BCUT2D eigenvalue weighted by molar-refractivity contribution is 0.158. The Morgan fingerprint density at radius 2 is 1.85 bits per heavy atom. The minimum absolute atomic E-state index is 0.0317. The Morgan fingerprint density at radius 3 is 2.44 bits per heavy atom. The maximum atomic E-state index is 12.1. The first-order valence-electron chi connectivity index (χ1n) is 9.21. The van der Waals surface area contributed by atoms with E-state index in [9.17, 15) is 4.79 Å². The molecule has 1 aliphatic rings. The number of nitrogens with zero attached hydrogens (tertiary/aromatic N) is 4. The SMILES string of the molecule is C[C@]1(CN(C(N)=O)c2ccnc(C#N)n2)CC[C@@](C)(c2ccccc2)CC1. The standard InChI is InChI=1S/C21H25N5O/c1-20(9-11-21(2,12-10-20)16-6-4-3-5-7-16)15-26(19(23)27)18-8-13-24-17(14-22)25-18/h3-8,13H,9-12,15H2,1-2H3,(H2,23,27)/t20-,21+. The van der Waals surface area contributed by atoms with Crippen LogP contribution in [-0.4, -0.2) is 22.5 Å². The van der Waals surface area contributed by atoms with E-state index in [1.807, 2.05) is 12.1 Å². The minimum atomic E-state index is -0.560. The van der Waals surface area contributed by atoms with Gasteiger partial charge in [-0.25, -0.2) is 14.8 Å². The molecule has 0 bridgehead atoms. The maximum absolute atomic E-state index is 12.1. The van der Waals surface area contributed by atoms with Gasteiger partial charge < -0.3 is 5.73 Å². The van der Waals surface area contributed by atoms with Crippen molar-refractivity contribution in [1.82, 2.24) is 9.97 Å². The van der Waals surface area contributed by atoms with Crippen LogP contribution in [0.1, 0.15) is 50.9 Å². The van der Waals surface area contributed by atoms with Crippen LogP contribution in [0.25, 0.3) is 0 Å². The van der Waals surface area contributed by atoms with Gasteiger partial charge in [-0.1, -0.05) is 44.2 Å². The molecule has 0 aliphatic heterocycles. The highest BCUT2D eigenvalue weighted by atomic mass is 16.2. The number of rotatable bonds is 4. The predicted octanol–water partition coefficient (Wildman–Crippen LogP) is 3.77. The van der Waals surface area contributed by atoms with Gasteiger partial charge in [0, 0.05) is 12.7 Å². The number of carbonyl (C=O) groups is 1. The largest absolute Gasteiger partial charge is 0.351 e. The molecule has 6 heteroatoms. The number of nitrogens with two attached hydrogens (primary N) is 1. The molecule has 1 aromatic heterocycles. The molecule has 0 spiro atoms. The number of amides is 2. The van der Waals surface area contributed by atoms with Gasteiger partial charge >= 0.3 is 6.03 Å². The van der Waals surface area contributed by atoms with E-state index in [4.69, 9.17) is 11.0 Å². The minimum Gasteiger partial charge on any atom is -0.351 e. The molecule has 2 N–H and O–H groups in total. The summed E-state index contributed by atoms with van der Waals surface area (Å²) in [4.78, 5) is 21.5. The average Bonchev–Trinajstić information content (AvgIpc) is 2.69. The molecule has 3 rings (SSSR count). The lowest BCUT2D eigenvalue weighted by Crippen LogP contribution is -2.46. The van der Waals surface area contributed by atoms with Gasteiger partial charge in [-0.3, -0.25) is 4.90 Å². The second-order valence-electron chi connectivity index (χ2n) is 8.01. The number of primary amides is 1. The average molecular weight is 363 g/mol. The molecule has 0 unspecified atom stereocenters. The summed E-state index contributed by atoms with van der Waals surface area (Å²) in [6.07, 6.45) is 5.55. The molecular formula is C21H25N5O. The van der Waals surface area contributed by atoms with E-state index < -0.39 is 6.03 Å². The highest BCUT2D eigenvalue weighted by Crippen LogP contribution is 2.47. The van der Waals surface area contributed by atoms with Gasteiger partial charge in [-0.2, -0.15) is 5.26 Å². The lowest BCUT2D eigenvalue weighted by Gasteiger charge is -2.45. The smallest absolute Gasteiger partial charge is 0.320 e. The quantitative estimate of drug-likeness (QED) is 0.894. The maximum Gasteiger partial charge on any atom is 0.320 e. The lowest BCUT2D eigenvalue weighted by atomic mass is 9.62. The molecule has 1 saturated carbocycles. The Balaban J connectivity index is 1.76. The van der Waals surface area contributed by atoms with E-state index in [0.29, 0.717) is 12.4 Å². The number of anilines is 1. The third kappa shape index (κ3) is 4.08. The summed E-state index contributed by atoms with van der Waals surface area (Å²) in [5.74, 6) is 0.413. The van der Waals surface area contributed by atoms with Crippen molar-refractivity contribution in [3.05, 3.63) is 54.0 Å². The van der Waals surface area contributed by atoms with Gasteiger partial charge in [0.05, 0.1) is 0 Å². The molecule has 1 fully saturated rings. The van der Waals surface area contributed by atoms with E-state index in [0.717, 1.165) is 25.7 Å². The first kappa shape index (κ1) is 18.8. The van der Waals surface area contributed by atoms with Crippen molar-refractivity contribution in [3.8, 4) is 6.07 Å². The number of urea groups is 1. The van der Waals surface area contributed by atoms with Crippen molar-refractivity contribution in [2.24, 2.45) is 11.1 Å². The normalized spacial score (nSPS) is 24.8. The van der Waals surface area contributed by atoms with Gasteiger partial charge in [0.15, 0.2) is 0 Å². The molecule has 0 radical (unpaired) electrons. The molecular weight excluding hydrogens is 338 g/mol. The summed E-state index contributed by atoms with van der Waals surface area (Å²) in [6, 6.07) is 13.6. The molecule has 0 saturated heterocycles. The summed E-state index contributed by atoms with van der Waals surface area (Å²) >= 11 is 0. The van der Waals surface area contributed by atoms with Crippen LogP contribution < -0.4 is 10.6 Å². The van der Waals surface area contributed by atoms with Gasteiger partial charge in [0.25, 0.3) is 0 Å². The number of aromatic nitrogens is 2. The molecule has 1 heterocycles. The Kier molecular flexibility index (Phi) is 5.13. The Labute approximate surface area is 160 Å². The van der Waals surface area contributed by atoms with Crippen LogP contribution in [0.15, 0.2) is 42.6 Å². The topological polar surface area (TPSA) is 95.9 Å². The summed E-state index contributed by atoms with van der Waals surface area (Å²) in [5.41, 5.74) is 7.09. The zero-order valence-electron chi connectivity index (χ0n) is 15.9. The Bertz CT molecular complexity index is 850. The summed E-state index contributed by atoms with van der Waals surface area (Å²) in [6.45, 7) is 4.99. The van der Waals surface area contributed by atoms with Crippen LogP contribution in [0.2, 0.25) is 0 Å². The molecule has 6 nitrogen and oxygen atoms in total. The van der Waals surface area contributed by atoms with Crippen LogP contribution in [0.4, 0.5) is 10.6 Å². The van der Waals surface area contributed by atoms with Crippen molar-refractivity contribution < 1.29 is 4.79 Å². The number of benzene rings is 1. The Hall–Kier alpha value is -2.94. The van der Waals surface area contributed by atoms with E-state index in [2.05, 4.69) is 48.1 Å². The first-order valence-corrected chi connectivity index (χ1v) is 9.21. The van der Waals surface area contributed by atoms with E-state index in [1.54, 1.807) is 6.07 Å². The molecule has 27 heavy (non-hydrogen) atoms. The van der Waals surface area contributed by atoms with Gasteiger partial charge in [-0.05, 0) is 48.1 Å². The second kappa shape index (κ2) is 7.36. The van der Waals surface area contributed by atoms with Gasteiger partial charge in [-0.15, -0.1) is 0 Å². The van der Waals surface area contributed by atoms with E-state index in [1.165, 1.54) is 16.7 Å². The molecule has 2 amide bonds. The summed E-state index contributed by atoms with van der Waals surface area (Å²) < 4.78 is 0. The monoisotopic (exact) mass is 363 g/mol. The Morgan fingerprint density at radius 1 is 1.19 bits per heavy atom. The third-order valence-electron chi connectivity index (χ3n) is 5.85. The molecule has 1 aromatic carbocycles. The van der Waals surface area contributed by atoms with Gasteiger partial charge in [0.1, 0.15) is 11.9 Å². The zero-order valence-corrected chi connectivity index (χ0v) is 15.9. The highest BCUT2D eigenvalue weighted by Gasteiger charge is 2.40. The highest BCUT2D eigenvalue weighted by molar-refractivity contribution is 5.89. The van der Waals surface area contributed by atoms with Gasteiger partial charge in [0.2, 0.25) is 5.82 Å². The third-order valence-corrected chi connectivity index (χ3v) is 5.85. The van der Waals surface area contributed by atoms with Crippen LogP contribution in [-0.2, 0) is 5.41 Å². The fourth-order valence-corrected chi connectivity index (χ4v) is 3.90. The number of hydrogen-bond donors (Lipinski definition) is 1. The van der Waals surface area contributed by atoms with Crippen molar-refractivity contribution in [2.75, 3.05) is 11.4 Å². The summed E-state index contributed by atoms with van der Waals surface area (Å²) in [7, 11) is 0. The number of carbonyl (C=O) groups excluding carboxylic acids is 1. The van der Waals surface area contributed by atoms with E-state index >= 15 is 0 Å². The van der Waals surface area contributed by atoms with Crippen molar-refractivity contribution in [3.63, 3.8) is 0 Å². The number of nitriles is 1. The van der Waals surface area contributed by atoms with Crippen LogP contribution in [0, 0.1) is 16.7 Å². The fraction of sp³-hybridized carbons (Fsp3) is 0.429. The second-order valence-corrected chi connectivity index (χ2v) is 8.01. The van der Waals surface area contributed by atoms with Crippen LogP contribution in [0.3, 0.4) is 0 Å². The first-order chi connectivity index (χ1) is 12.9. The number of hydrogen-bond acceptors (Lipinski definition) is 4. The molecule has 2 aromatic rings. The van der Waals surface area contributed by atoms with Crippen molar-refractivity contribution in [2.45, 2.75) is 44.9 Å².